The van der Waals surface area contributed by atoms with Gasteiger partial charge < -0.3 is 14.7 Å². The molecular weight excluding hydrogens is 480 g/mol. The summed E-state index contributed by atoms with van der Waals surface area (Å²) in [4.78, 5) is 28.0. The number of amides is 1. The Bertz CT molecular complexity index is 1680. The summed E-state index contributed by atoms with van der Waals surface area (Å²) in [7, 11) is 0. The number of hydrazone groups is 1. The number of hydrogen-bond acceptors (Lipinski definition) is 10. The zero-order chi connectivity index (χ0) is 26.1. The summed E-state index contributed by atoms with van der Waals surface area (Å²) in [5.74, 6) is 0.882. The van der Waals surface area contributed by atoms with E-state index in [-0.39, 0.29) is 23.7 Å². The fraction of sp³-hybridized carbons (Fsp3) is 0.125. The van der Waals surface area contributed by atoms with Crippen molar-refractivity contribution in [3.8, 4) is 22.8 Å². The molecule has 0 aliphatic carbocycles. The minimum atomic E-state index is -0.427. The van der Waals surface area contributed by atoms with Crippen molar-refractivity contribution in [1.29, 1.82) is 0 Å². The van der Waals surface area contributed by atoms with Gasteiger partial charge in [0.2, 0.25) is 0 Å². The molecule has 0 saturated heterocycles. The van der Waals surface area contributed by atoms with E-state index < -0.39 is 10.8 Å². The van der Waals surface area contributed by atoms with Crippen LogP contribution in [0.25, 0.3) is 33.9 Å². The third-order valence-corrected chi connectivity index (χ3v) is 5.91. The Balaban J connectivity index is 1.32. The predicted molar refractivity (Wildman–Crippen MR) is 133 cm³/mol. The predicted octanol–water partition coefficient (Wildman–Crippen LogP) is 3.60. The molecule has 13 heteroatoms. The molecule has 0 spiro atoms. The van der Waals surface area contributed by atoms with Crippen LogP contribution in [0.3, 0.4) is 0 Å². The zero-order valence-corrected chi connectivity index (χ0v) is 19.7. The maximum absolute atomic E-state index is 12.7. The molecule has 2 aromatic carbocycles. The molecule has 5 aromatic rings. The van der Waals surface area contributed by atoms with Crippen molar-refractivity contribution in [2.45, 2.75) is 20.4 Å². The minimum absolute atomic E-state index is 0.0497. The lowest BCUT2D eigenvalue weighted by Crippen LogP contribution is -2.23. The number of rotatable bonds is 7. The molecule has 0 fully saturated rings. The number of nitrogens with one attached hydrogen (secondary N) is 1. The molecule has 0 bridgehead atoms. The van der Waals surface area contributed by atoms with Crippen LogP contribution >= 0.6 is 0 Å². The quantitative estimate of drug-likeness (QED) is 0.192. The SMILES string of the molecule is Cc1c(-c2ccc(/C=N/NC(=O)Cn3c(-c4nonc4N)nc4ccccc43)o2)ccc([N+](=O)[O-])c1C. The van der Waals surface area contributed by atoms with E-state index in [4.69, 9.17) is 14.8 Å². The van der Waals surface area contributed by atoms with E-state index in [0.29, 0.717) is 33.9 Å². The number of furan rings is 1. The van der Waals surface area contributed by atoms with Crippen molar-refractivity contribution in [3.05, 3.63) is 75.5 Å². The number of benzene rings is 2. The van der Waals surface area contributed by atoms with E-state index in [1.807, 2.05) is 18.2 Å². The molecule has 3 N–H and O–H groups in total. The second kappa shape index (κ2) is 9.37. The number of carbonyl (C=O) groups excluding carboxylic acids is 1. The van der Waals surface area contributed by atoms with Gasteiger partial charge in [0.25, 0.3) is 11.6 Å². The van der Waals surface area contributed by atoms with Gasteiger partial charge in [0.1, 0.15) is 18.1 Å². The zero-order valence-electron chi connectivity index (χ0n) is 19.7. The van der Waals surface area contributed by atoms with Gasteiger partial charge >= 0.3 is 0 Å². The Labute approximate surface area is 208 Å². The van der Waals surface area contributed by atoms with E-state index in [9.17, 15) is 14.9 Å². The minimum Gasteiger partial charge on any atom is -0.455 e. The molecule has 0 saturated carbocycles. The van der Waals surface area contributed by atoms with Gasteiger partial charge in [0.15, 0.2) is 17.3 Å². The number of nitro groups is 1. The van der Waals surface area contributed by atoms with E-state index >= 15 is 0 Å². The number of nitrogens with zero attached hydrogens (tertiary/aromatic N) is 6. The summed E-state index contributed by atoms with van der Waals surface area (Å²) >= 11 is 0. The van der Waals surface area contributed by atoms with Crippen molar-refractivity contribution in [2.75, 3.05) is 5.73 Å². The van der Waals surface area contributed by atoms with Crippen LogP contribution in [0.4, 0.5) is 11.5 Å². The number of nitrogens with two attached hydrogens (primary N) is 1. The van der Waals surface area contributed by atoms with Gasteiger partial charge in [-0.2, -0.15) is 5.10 Å². The molecule has 13 nitrogen and oxygen atoms in total. The Morgan fingerprint density at radius 1 is 1.16 bits per heavy atom. The molecule has 37 heavy (non-hydrogen) atoms. The Morgan fingerprint density at radius 3 is 2.73 bits per heavy atom. The maximum atomic E-state index is 12.7. The standard InChI is InChI=1S/C24H20N8O5/c1-13-14(2)18(32(34)35)9-8-16(13)20-10-7-15(36-20)11-26-28-21(33)12-31-19-6-4-3-5-17(19)27-24(31)22-23(25)30-37-29-22/h3-11H,12H2,1-2H3,(H2,25,30)(H,28,33)/b26-11+. The third kappa shape index (κ3) is 4.40. The van der Waals surface area contributed by atoms with Gasteiger partial charge in [-0.15, -0.1) is 0 Å². The van der Waals surface area contributed by atoms with Gasteiger partial charge in [-0.1, -0.05) is 12.1 Å². The first-order chi connectivity index (χ1) is 17.8. The number of anilines is 1. The Kier molecular flexibility index (Phi) is 5.93. The lowest BCUT2D eigenvalue weighted by molar-refractivity contribution is -0.385. The summed E-state index contributed by atoms with van der Waals surface area (Å²) in [6.45, 7) is 3.37. The summed E-state index contributed by atoms with van der Waals surface area (Å²) in [6, 6.07) is 13.8. The molecule has 0 aliphatic rings. The lowest BCUT2D eigenvalue weighted by Gasteiger charge is -2.07. The van der Waals surface area contributed by atoms with Crippen molar-refractivity contribution in [1.82, 2.24) is 25.3 Å². The second-order valence-electron chi connectivity index (χ2n) is 8.14. The highest BCUT2D eigenvalue weighted by atomic mass is 16.6. The largest absolute Gasteiger partial charge is 0.455 e. The number of hydrogen-bond donors (Lipinski definition) is 2. The number of aromatic nitrogens is 4. The molecule has 0 aliphatic heterocycles. The van der Waals surface area contributed by atoms with Crippen molar-refractivity contribution in [2.24, 2.45) is 5.10 Å². The molecule has 1 amide bonds. The highest BCUT2D eigenvalue weighted by molar-refractivity contribution is 5.86. The number of fused-ring (bicyclic) bond motifs is 1. The van der Waals surface area contributed by atoms with Crippen LogP contribution in [0, 0.1) is 24.0 Å². The topological polar surface area (TPSA) is 180 Å². The van der Waals surface area contributed by atoms with Crippen LogP contribution in [0.15, 0.2) is 62.7 Å². The van der Waals surface area contributed by atoms with Gasteiger partial charge in [0.05, 0.1) is 22.2 Å². The van der Waals surface area contributed by atoms with Gasteiger partial charge in [-0.25, -0.2) is 15.0 Å². The number of imidazole rings is 1. The fourth-order valence-corrected chi connectivity index (χ4v) is 3.95. The smallest absolute Gasteiger partial charge is 0.272 e. The molecule has 0 radical (unpaired) electrons. The average Bonchev–Trinajstić information content (AvgIpc) is 3.60. The molecule has 3 heterocycles. The molecule has 186 valence electrons. The monoisotopic (exact) mass is 500 g/mol. The second-order valence-corrected chi connectivity index (χ2v) is 8.14. The van der Waals surface area contributed by atoms with Crippen LogP contribution in [-0.2, 0) is 11.3 Å². The first-order valence-corrected chi connectivity index (χ1v) is 11.0. The Hall–Kier alpha value is -5.33. The van der Waals surface area contributed by atoms with Crippen molar-refractivity contribution < 1.29 is 18.8 Å². The van der Waals surface area contributed by atoms with Crippen molar-refractivity contribution >= 4 is 34.7 Å². The van der Waals surface area contributed by atoms with E-state index in [1.54, 1.807) is 42.7 Å². The molecule has 0 atom stereocenters. The Morgan fingerprint density at radius 2 is 1.97 bits per heavy atom. The highest BCUT2D eigenvalue weighted by Crippen LogP contribution is 2.32. The molecule has 5 rings (SSSR count). The van der Waals surface area contributed by atoms with Crippen LogP contribution in [0.2, 0.25) is 0 Å². The molecule has 3 aromatic heterocycles. The van der Waals surface area contributed by atoms with Crippen molar-refractivity contribution in [3.63, 3.8) is 0 Å². The van der Waals surface area contributed by atoms with Crippen LogP contribution < -0.4 is 11.2 Å². The van der Waals surface area contributed by atoms with Gasteiger partial charge in [-0.3, -0.25) is 14.9 Å². The molecular formula is C24H20N8O5. The number of para-hydroxylation sites is 2. The normalized spacial score (nSPS) is 11.4. The number of nitro benzene ring substituents is 1. The first-order valence-electron chi connectivity index (χ1n) is 11.0. The fourth-order valence-electron chi connectivity index (χ4n) is 3.95. The lowest BCUT2D eigenvalue weighted by atomic mass is 10.00. The van der Waals surface area contributed by atoms with Gasteiger partial charge in [0, 0.05) is 17.2 Å². The summed E-state index contributed by atoms with van der Waals surface area (Å²) in [6.07, 6.45) is 1.36. The van der Waals surface area contributed by atoms with Gasteiger partial charge in [-0.05, 0) is 60.1 Å². The average molecular weight is 500 g/mol. The van der Waals surface area contributed by atoms with Crippen LogP contribution in [0.5, 0.6) is 0 Å². The summed E-state index contributed by atoms with van der Waals surface area (Å²) < 4.78 is 12.1. The van der Waals surface area contributed by atoms with E-state index in [1.165, 1.54) is 12.3 Å². The summed E-state index contributed by atoms with van der Waals surface area (Å²) in [5.41, 5.74) is 12.0. The summed E-state index contributed by atoms with van der Waals surface area (Å²) in [5, 5.41) is 22.5. The first kappa shape index (κ1) is 23.4. The number of carbonyl (C=O) groups is 1. The van der Waals surface area contributed by atoms with E-state index in [2.05, 4.69) is 25.8 Å². The van der Waals surface area contributed by atoms with E-state index in [0.717, 1.165) is 11.1 Å². The number of nitrogen functional groups attached to an aromatic ring is 1. The van der Waals surface area contributed by atoms with Crippen LogP contribution in [0.1, 0.15) is 16.9 Å². The highest BCUT2D eigenvalue weighted by Gasteiger charge is 2.21. The van der Waals surface area contributed by atoms with Crippen LogP contribution in [-0.4, -0.2) is 36.9 Å². The third-order valence-electron chi connectivity index (χ3n) is 5.91. The molecule has 0 unspecified atom stereocenters. The maximum Gasteiger partial charge on any atom is 0.272 e.